The van der Waals surface area contributed by atoms with Crippen LogP contribution in [0.4, 0.5) is 5.69 Å². The quantitative estimate of drug-likeness (QED) is 0.775. The Balaban J connectivity index is 2.06. The highest BCUT2D eigenvalue weighted by molar-refractivity contribution is 5.56. The summed E-state index contributed by atoms with van der Waals surface area (Å²) < 4.78 is 11.4. The van der Waals surface area contributed by atoms with Gasteiger partial charge in [-0.25, -0.2) is 0 Å². The van der Waals surface area contributed by atoms with Crippen molar-refractivity contribution >= 4 is 5.69 Å². The molecule has 21 heavy (non-hydrogen) atoms. The Hall–Kier alpha value is -2.16. The lowest BCUT2D eigenvalue weighted by molar-refractivity contribution is 0.318. The van der Waals surface area contributed by atoms with Gasteiger partial charge in [-0.3, -0.25) is 0 Å². The topological polar surface area (TPSA) is 30.5 Å². The number of anilines is 1. The Labute approximate surface area is 126 Å². The number of para-hydroxylation sites is 3. The van der Waals surface area contributed by atoms with Crippen molar-refractivity contribution in [2.24, 2.45) is 0 Å². The maximum atomic E-state index is 5.76. The molecule has 1 N–H and O–H groups in total. The fourth-order valence-electron chi connectivity index (χ4n) is 2.09. The van der Waals surface area contributed by atoms with E-state index in [1.165, 1.54) is 0 Å². The molecule has 0 spiro atoms. The highest BCUT2D eigenvalue weighted by Crippen LogP contribution is 2.26. The molecule has 0 aliphatic carbocycles. The Morgan fingerprint density at radius 3 is 2.33 bits per heavy atom. The molecule has 2 aromatic carbocycles. The SMILES string of the molecule is CCCOc1ccccc1NCc1ccccc1OCC. The predicted molar refractivity (Wildman–Crippen MR) is 87.2 cm³/mol. The molecule has 0 amide bonds. The number of ether oxygens (including phenoxy) is 2. The smallest absolute Gasteiger partial charge is 0.142 e. The molecule has 3 heteroatoms. The first-order valence-corrected chi connectivity index (χ1v) is 7.51. The van der Waals surface area contributed by atoms with Gasteiger partial charge in [0.25, 0.3) is 0 Å². The fourth-order valence-corrected chi connectivity index (χ4v) is 2.09. The molecule has 0 saturated heterocycles. The van der Waals surface area contributed by atoms with Crippen LogP contribution in [0.25, 0.3) is 0 Å². The lowest BCUT2D eigenvalue weighted by Crippen LogP contribution is -2.05. The van der Waals surface area contributed by atoms with Crippen LogP contribution in [0.2, 0.25) is 0 Å². The van der Waals surface area contributed by atoms with Crippen LogP contribution < -0.4 is 14.8 Å². The van der Waals surface area contributed by atoms with Crippen molar-refractivity contribution in [3.05, 3.63) is 54.1 Å². The summed E-state index contributed by atoms with van der Waals surface area (Å²) in [5, 5.41) is 3.43. The number of benzene rings is 2. The summed E-state index contributed by atoms with van der Waals surface area (Å²) in [4.78, 5) is 0. The van der Waals surface area contributed by atoms with E-state index in [9.17, 15) is 0 Å². The van der Waals surface area contributed by atoms with Crippen LogP contribution in [0.5, 0.6) is 11.5 Å². The second-order valence-electron chi connectivity index (χ2n) is 4.74. The maximum Gasteiger partial charge on any atom is 0.142 e. The summed E-state index contributed by atoms with van der Waals surface area (Å²) in [7, 11) is 0. The molecule has 112 valence electrons. The van der Waals surface area contributed by atoms with Crippen molar-refractivity contribution in [3.8, 4) is 11.5 Å². The molecule has 0 bridgehead atoms. The Morgan fingerprint density at radius 1 is 0.857 bits per heavy atom. The number of hydrogen-bond acceptors (Lipinski definition) is 3. The number of hydrogen-bond donors (Lipinski definition) is 1. The van der Waals surface area contributed by atoms with Crippen molar-refractivity contribution in [2.75, 3.05) is 18.5 Å². The molecule has 0 saturated carbocycles. The zero-order valence-electron chi connectivity index (χ0n) is 12.8. The van der Waals surface area contributed by atoms with Gasteiger partial charge in [0.2, 0.25) is 0 Å². The molecule has 0 aliphatic heterocycles. The minimum Gasteiger partial charge on any atom is -0.494 e. The normalized spacial score (nSPS) is 10.2. The van der Waals surface area contributed by atoms with E-state index in [2.05, 4.69) is 18.3 Å². The molecule has 0 atom stereocenters. The van der Waals surface area contributed by atoms with Gasteiger partial charge in [0, 0.05) is 12.1 Å². The monoisotopic (exact) mass is 285 g/mol. The van der Waals surface area contributed by atoms with Crippen molar-refractivity contribution in [2.45, 2.75) is 26.8 Å². The average molecular weight is 285 g/mol. The van der Waals surface area contributed by atoms with Crippen molar-refractivity contribution in [3.63, 3.8) is 0 Å². The van der Waals surface area contributed by atoms with Gasteiger partial charge in [-0.15, -0.1) is 0 Å². The van der Waals surface area contributed by atoms with E-state index < -0.39 is 0 Å². The average Bonchev–Trinajstić information content (AvgIpc) is 2.53. The molecule has 0 radical (unpaired) electrons. The van der Waals surface area contributed by atoms with Crippen molar-refractivity contribution in [1.82, 2.24) is 0 Å². The summed E-state index contributed by atoms with van der Waals surface area (Å²) in [6.45, 7) is 6.22. The van der Waals surface area contributed by atoms with Crippen LogP contribution in [0, 0.1) is 0 Å². The molecular weight excluding hydrogens is 262 g/mol. The summed E-state index contributed by atoms with van der Waals surface area (Å²) in [6, 6.07) is 16.1. The Morgan fingerprint density at radius 2 is 1.57 bits per heavy atom. The Kier molecular flexibility index (Phi) is 5.95. The van der Waals surface area contributed by atoms with E-state index in [0.29, 0.717) is 13.2 Å². The molecule has 2 rings (SSSR count). The van der Waals surface area contributed by atoms with Gasteiger partial charge < -0.3 is 14.8 Å². The minimum atomic E-state index is 0.674. The molecule has 3 nitrogen and oxygen atoms in total. The summed E-state index contributed by atoms with van der Waals surface area (Å²) in [6.07, 6.45) is 1.00. The largest absolute Gasteiger partial charge is 0.494 e. The van der Waals surface area contributed by atoms with E-state index in [4.69, 9.17) is 9.47 Å². The summed E-state index contributed by atoms with van der Waals surface area (Å²) in [5.74, 6) is 1.83. The van der Waals surface area contributed by atoms with Crippen LogP contribution in [-0.4, -0.2) is 13.2 Å². The third-order valence-electron chi connectivity index (χ3n) is 3.09. The van der Waals surface area contributed by atoms with Crippen LogP contribution in [0.1, 0.15) is 25.8 Å². The highest BCUT2D eigenvalue weighted by atomic mass is 16.5. The van der Waals surface area contributed by atoms with Gasteiger partial charge in [0.05, 0.1) is 18.9 Å². The van der Waals surface area contributed by atoms with E-state index in [1.807, 2.05) is 49.4 Å². The van der Waals surface area contributed by atoms with E-state index in [0.717, 1.165) is 35.8 Å². The number of rotatable bonds is 8. The minimum absolute atomic E-state index is 0.674. The number of nitrogens with one attached hydrogen (secondary N) is 1. The molecule has 0 aromatic heterocycles. The fraction of sp³-hybridized carbons (Fsp3) is 0.333. The molecule has 0 heterocycles. The third-order valence-corrected chi connectivity index (χ3v) is 3.09. The van der Waals surface area contributed by atoms with Crippen LogP contribution >= 0.6 is 0 Å². The molecule has 0 unspecified atom stereocenters. The van der Waals surface area contributed by atoms with E-state index in [-0.39, 0.29) is 0 Å². The van der Waals surface area contributed by atoms with Crippen LogP contribution in [-0.2, 0) is 6.54 Å². The van der Waals surface area contributed by atoms with Gasteiger partial charge in [0.15, 0.2) is 0 Å². The lowest BCUT2D eigenvalue weighted by atomic mass is 10.2. The van der Waals surface area contributed by atoms with Gasteiger partial charge in [-0.05, 0) is 31.5 Å². The highest BCUT2D eigenvalue weighted by Gasteiger charge is 2.05. The first-order valence-electron chi connectivity index (χ1n) is 7.51. The third kappa shape index (κ3) is 4.42. The van der Waals surface area contributed by atoms with E-state index >= 15 is 0 Å². The zero-order valence-corrected chi connectivity index (χ0v) is 12.8. The first kappa shape index (κ1) is 15.2. The molecule has 0 fully saturated rings. The predicted octanol–water partition coefficient (Wildman–Crippen LogP) is 4.49. The Bertz CT molecular complexity index is 554. The molecule has 0 aliphatic rings. The van der Waals surface area contributed by atoms with Crippen molar-refractivity contribution < 1.29 is 9.47 Å². The second kappa shape index (κ2) is 8.20. The first-order chi connectivity index (χ1) is 10.3. The van der Waals surface area contributed by atoms with E-state index in [1.54, 1.807) is 0 Å². The molecular formula is C18H23NO2. The standard InChI is InChI=1S/C18H23NO2/c1-3-13-21-18-12-8-6-10-16(18)19-14-15-9-5-7-11-17(15)20-4-2/h5-12,19H,3-4,13-14H2,1-2H3. The molecule has 2 aromatic rings. The van der Waals surface area contributed by atoms with Gasteiger partial charge in [-0.1, -0.05) is 37.3 Å². The summed E-state index contributed by atoms with van der Waals surface area (Å²) >= 11 is 0. The van der Waals surface area contributed by atoms with Gasteiger partial charge in [0.1, 0.15) is 11.5 Å². The van der Waals surface area contributed by atoms with Crippen LogP contribution in [0.3, 0.4) is 0 Å². The van der Waals surface area contributed by atoms with Crippen LogP contribution in [0.15, 0.2) is 48.5 Å². The maximum absolute atomic E-state index is 5.76. The summed E-state index contributed by atoms with van der Waals surface area (Å²) in [5.41, 5.74) is 2.15. The zero-order chi connectivity index (χ0) is 14.9. The van der Waals surface area contributed by atoms with Crippen molar-refractivity contribution in [1.29, 1.82) is 0 Å². The lowest BCUT2D eigenvalue weighted by Gasteiger charge is -2.14. The van der Waals surface area contributed by atoms with Gasteiger partial charge in [-0.2, -0.15) is 0 Å². The van der Waals surface area contributed by atoms with Gasteiger partial charge >= 0.3 is 0 Å². The second-order valence-corrected chi connectivity index (χ2v) is 4.74.